The zero-order valence-electron chi connectivity index (χ0n) is 10.2. The topological polar surface area (TPSA) is 78.8 Å². The van der Waals surface area contributed by atoms with E-state index in [4.69, 9.17) is 9.84 Å². The lowest BCUT2D eigenvalue weighted by molar-refractivity contribution is -0.141. The van der Waals surface area contributed by atoms with E-state index in [2.05, 4.69) is 5.32 Å². The van der Waals surface area contributed by atoms with Crippen LogP contribution in [0.2, 0.25) is 0 Å². The molecule has 1 saturated heterocycles. The number of hydrogen-bond donors (Lipinski definition) is 3. The molecule has 2 rings (SSSR count). The summed E-state index contributed by atoms with van der Waals surface area (Å²) in [6.07, 6.45) is 0.465. The van der Waals surface area contributed by atoms with Gasteiger partial charge in [-0.2, -0.15) is 0 Å². The van der Waals surface area contributed by atoms with Crippen molar-refractivity contribution in [3.8, 4) is 11.5 Å². The summed E-state index contributed by atoms with van der Waals surface area (Å²) in [4.78, 5) is 10.9. The Morgan fingerprint density at radius 1 is 1.56 bits per heavy atom. The van der Waals surface area contributed by atoms with E-state index >= 15 is 0 Å². The first-order valence-corrected chi connectivity index (χ1v) is 6.04. The number of benzene rings is 1. The summed E-state index contributed by atoms with van der Waals surface area (Å²) in [7, 11) is 0. The minimum atomic E-state index is -0.807. The smallest absolute Gasteiger partial charge is 0.307 e. The second-order valence-electron chi connectivity index (χ2n) is 4.35. The fourth-order valence-corrected chi connectivity index (χ4v) is 2.31. The largest absolute Gasteiger partial charge is 0.507 e. The molecular weight excluding hydrogens is 234 g/mol. The van der Waals surface area contributed by atoms with Gasteiger partial charge < -0.3 is 20.3 Å². The summed E-state index contributed by atoms with van der Waals surface area (Å²) in [5.41, 5.74) is 0.656. The highest BCUT2D eigenvalue weighted by atomic mass is 16.5. The lowest BCUT2D eigenvalue weighted by atomic mass is 9.98. The number of rotatable bonds is 4. The fourth-order valence-electron chi connectivity index (χ4n) is 2.31. The molecule has 0 radical (unpaired) electrons. The summed E-state index contributed by atoms with van der Waals surface area (Å²) in [6.45, 7) is 2.79. The average molecular weight is 251 g/mol. The van der Waals surface area contributed by atoms with Crippen LogP contribution in [0.3, 0.4) is 0 Å². The number of aliphatic carboxylic acids is 1. The van der Waals surface area contributed by atoms with E-state index in [1.54, 1.807) is 18.2 Å². The zero-order valence-corrected chi connectivity index (χ0v) is 10.2. The number of nitrogens with one attached hydrogen (secondary N) is 1. The molecule has 3 N–H and O–H groups in total. The molecule has 5 heteroatoms. The van der Waals surface area contributed by atoms with Gasteiger partial charge in [0.05, 0.1) is 18.1 Å². The average Bonchev–Trinajstić information content (AvgIpc) is 2.79. The molecule has 98 valence electrons. The molecule has 0 amide bonds. The van der Waals surface area contributed by atoms with Crippen molar-refractivity contribution in [2.24, 2.45) is 5.92 Å². The lowest BCUT2D eigenvalue weighted by Crippen LogP contribution is -2.17. The minimum Gasteiger partial charge on any atom is -0.507 e. The van der Waals surface area contributed by atoms with E-state index in [0.29, 0.717) is 30.9 Å². The molecule has 1 aliphatic heterocycles. The normalized spacial score (nSPS) is 22.9. The first-order chi connectivity index (χ1) is 8.63. The summed E-state index contributed by atoms with van der Waals surface area (Å²) in [6, 6.07) is 4.92. The first-order valence-electron chi connectivity index (χ1n) is 6.04. The van der Waals surface area contributed by atoms with Crippen molar-refractivity contribution in [2.45, 2.75) is 19.4 Å². The zero-order chi connectivity index (χ0) is 13.1. The van der Waals surface area contributed by atoms with Gasteiger partial charge in [-0.15, -0.1) is 0 Å². The Morgan fingerprint density at radius 3 is 2.94 bits per heavy atom. The molecule has 5 nitrogen and oxygen atoms in total. The molecule has 0 aliphatic carbocycles. The quantitative estimate of drug-likeness (QED) is 0.756. The molecule has 1 aliphatic rings. The number of hydrogen-bond acceptors (Lipinski definition) is 4. The molecule has 1 aromatic carbocycles. The number of aromatic hydroxyl groups is 1. The van der Waals surface area contributed by atoms with Crippen molar-refractivity contribution in [1.82, 2.24) is 5.32 Å². The minimum absolute atomic E-state index is 0.143. The highest BCUT2D eigenvalue weighted by Gasteiger charge is 2.33. The Kier molecular flexibility index (Phi) is 3.72. The van der Waals surface area contributed by atoms with E-state index in [1.165, 1.54) is 0 Å². The SMILES string of the molecule is CCOc1cccc(O)c1C1CC(C(=O)O)CN1. The van der Waals surface area contributed by atoms with Gasteiger partial charge in [0.1, 0.15) is 11.5 Å². The maximum absolute atomic E-state index is 10.9. The molecule has 0 aromatic heterocycles. The van der Waals surface area contributed by atoms with E-state index in [-0.39, 0.29) is 11.8 Å². The molecule has 1 heterocycles. The maximum atomic E-state index is 10.9. The van der Waals surface area contributed by atoms with Gasteiger partial charge in [-0.05, 0) is 25.5 Å². The third kappa shape index (κ3) is 2.41. The molecular formula is C13H17NO4. The number of ether oxygens (including phenoxy) is 1. The van der Waals surface area contributed by atoms with Gasteiger partial charge in [-0.25, -0.2) is 0 Å². The molecule has 1 aromatic rings. The molecule has 0 saturated carbocycles. The van der Waals surface area contributed by atoms with E-state index in [9.17, 15) is 9.90 Å². The van der Waals surface area contributed by atoms with Crippen LogP contribution < -0.4 is 10.1 Å². The molecule has 0 spiro atoms. The van der Waals surface area contributed by atoms with Crippen molar-refractivity contribution >= 4 is 5.97 Å². The Labute approximate surface area is 105 Å². The van der Waals surface area contributed by atoms with Gasteiger partial charge in [-0.1, -0.05) is 6.07 Å². The van der Waals surface area contributed by atoms with Crippen LogP contribution in [-0.4, -0.2) is 29.3 Å². The van der Waals surface area contributed by atoms with E-state index in [1.807, 2.05) is 6.92 Å². The molecule has 0 bridgehead atoms. The number of carbonyl (C=O) groups is 1. The van der Waals surface area contributed by atoms with Gasteiger partial charge in [0.2, 0.25) is 0 Å². The second-order valence-corrected chi connectivity index (χ2v) is 4.35. The maximum Gasteiger partial charge on any atom is 0.307 e. The van der Waals surface area contributed by atoms with Crippen molar-refractivity contribution in [2.75, 3.05) is 13.2 Å². The Bertz CT molecular complexity index is 447. The number of carboxylic acid groups (broad SMARTS) is 1. The molecule has 2 unspecified atom stereocenters. The van der Waals surface area contributed by atoms with Crippen molar-refractivity contribution in [3.05, 3.63) is 23.8 Å². The summed E-state index contributed by atoms with van der Waals surface area (Å²) >= 11 is 0. The second kappa shape index (κ2) is 5.27. The number of phenols is 1. The Balaban J connectivity index is 2.25. The molecule has 2 atom stereocenters. The van der Waals surface area contributed by atoms with E-state index in [0.717, 1.165) is 0 Å². The third-order valence-corrected chi connectivity index (χ3v) is 3.17. The first kappa shape index (κ1) is 12.7. The van der Waals surface area contributed by atoms with Gasteiger partial charge in [0.15, 0.2) is 0 Å². The monoisotopic (exact) mass is 251 g/mol. The van der Waals surface area contributed by atoms with Gasteiger partial charge in [0, 0.05) is 12.6 Å². The van der Waals surface area contributed by atoms with Gasteiger partial charge in [-0.3, -0.25) is 4.79 Å². The fraction of sp³-hybridized carbons (Fsp3) is 0.462. The van der Waals surface area contributed by atoms with Gasteiger partial charge >= 0.3 is 5.97 Å². The van der Waals surface area contributed by atoms with Crippen LogP contribution in [-0.2, 0) is 4.79 Å². The third-order valence-electron chi connectivity index (χ3n) is 3.17. The lowest BCUT2D eigenvalue weighted by Gasteiger charge is -2.17. The van der Waals surface area contributed by atoms with Crippen molar-refractivity contribution < 1.29 is 19.7 Å². The van der Waals surface area contributed by atoms with Gasteiger partial charge in [0.25, 0.3) is 0 Å². The standard InChI is InChI=1S/C13H17NO4/c1-2-18-11-5-3-4-10(15)12(11)9-6-8(7-14-9)13(16)17/h3-5,8-9,14-15H,2,6-7H2,1H3,(H,16,17). The van der Waals surface area contributed by atoms with Crippen LogP contribution in [0.25, 0.3) is 0 Å². The molecule has 18 heavy (non-hydrogen) atoms. The highest BCUT2D eigenvalue weighted by molar-refractivity contribution is 5.71. The van der Waals surface area contributed by atoms with Crippen LogP contribution in [0.4, 0.5) is 0 Å². The van der Waals surface area contributed by atoms with Crippen molar-refractivity contribution in [3.63, 3.8) is 0 Å². The highest BCUT2D eigenvalue weighted by Crippen LogP contribution is 2.38. The predicted molar refractivity (Wildman–Crippen MR) is 65.8 cm³/mol. The number of carboxylic acids is 1. The Morgan fingerprint density at radius 2 is 2.33 bits per heavy atom. The number of phenolic OH excluding ortho intramolecular Hbond substituents is 1. The summed E-state index contributed by atoms with van der Waals surface area (Å²) in [5, 5.41) is 22.0. The summed E-state index contributed by atoms with van der Waals surface area (Å²) < 4.78 is 5.48. The van der Waals surface area contributed by atoms with Crippen LogP contribution >= 0.6 is 0 Å². The van der Waals surface area contributed by atoms with Crippen LogP contribution in [0.5, 0.6) is 11.5 Å². The predicted octanol–water partition coefficient (Wildman–Crippen LogP) is 1.53. The van der Waals surface area contributed by atoms with Crippen LogP contribution in [0, 0.1) is 5.92 Å². The van der Waals surface area contributed by atoms with Crippen molar-refractivity contribution in [1.29, 1.82) is 0 Å². The summed E-state index contributed by atoms with van der Waals surface area (Å²) in [5.74, 6) is -0.465. The van der Waals surface area contributed by atoms with Crippen LogP contribution in [0.15, 0.2) is 18.2 Å². The van der Waals surface area contributed by atoms with Crippen LogP contribution in [0.1, 0.15) is 24.9 Å². The molecule has 1 fully saturated rings. The Hall–Kier alpha value is -1.75. The van der Waals surface area contributed by atoms with E-state index < -0.39 is 11.9 Å².